The van der Waals surface area contributed by atoms with Gasteiger partial charge >= 0.3 is 0 Å². The van der Waals surface area contributed by atoms with E-state index in [1.165, 1.54) is 4.68 Å². The summed E-state index contributed by atoms with van der Waals surface area (Å²) in [5.74, 6) is 0.250. The van der Waals surface area contributed by atoms with Crippen molar-refractivity contribution in [3.8, 4) is 5.75 Å². The highest BCUT2D eigenvalue weighted by Gasteiger charge is 2.05. The Morgan fingerprint density at radius 2 is 1.73 bits per heavy atom. The molecule has 26 heavy (non-hydrogen) atoms. The normalized spacial score (nSPS) is 11.2. The smallest absolute Gasteiger partial charge is 0.274 e. The molecule has 1 aromatic heterocycles. The van der Waals surface area contributed by atoms with E-state index in [0.717, 1.165) is 23.1 Å². The molecule has 0 saturated heterocycles. The minimum atomic E-state index is -0.0617. The number of rotatable bonds is 5. The SMILES string of the molecule is CN(C)CCn1ncc2cc(C=Cc3ccc(O)cc3)ccc2c1=O.Cl. The molecule has 6 heteroatoms. The van der Waals surface area contributed by atoms with Crippen molar-refractivity contribution in [2.45, 2.75) is 6.54 Å². The Morgan fingerprint density at radius 3 is 2.42 bits per heavy atom. The van der Waals surface area contributed by atoms with Crippen molar-refractivity contribution in [3.05, 3.63) is 70.1 Å². The third-order valence-electron chi connectivity index (χ3n) is 4.00. The van der Waals surface area contributed by atoms with Crippen LogP contribution in [0.5, 0.6) is 5.75 Å². The van der Waals surface area contributed by atoms with Gasteiger partial charge in [0.05, 0.1) is 18.1 Å². The molecule has 0 fully saturated rings. The lowest BCUT2D eigenvalue weighted by atomic mass is 10.1. The molecule has 0 unspecified atom stereocenters. The summed E-state index contributed by atoms with van der Waals surface area (Å²) >= 11 is 0. The molecular formula is C20H22ClN3O2. The molecule has 0 bridgehead atoms. The van der Waals surface area contributed by atoms with Gasteiger partial charge in [-0.25, -0.2) is 4.68 Å². The van der Waals surface area contributed by atoms with E-state index in [0.29, 0.717) is 11.9 Å². The van der Waals surface area contributed by atoms with E-state index in [9.17, 15) is 9.90 Å². The molecule has 3 rings (SSSR count). The quantitative estimate of drug-likeness (QED) is 0.699. The highest BCUT2D eigenvalue weighted by Crippen LogP contribution is 2.16. The van der Waals surface area contributed by atoms with Gasteiger partial charge in [-0.1, -0.05) is 30.4 Å². The fourth-order valence-electron chi connectivity index (χ4n) is 2.54. The highest BCUT2D eigenvalue weighted by molar-refractivity contribution is 5.85. The van der Waals surface area contributed by atoms with Gasteiger partial charge in [-0.3, -0.25) is 4.79 Å². The van der Waals surface area contributed by atoms with E-state index in [-0.39, 0.29) is 23.7 Å². The summed E-state index contributed by atoms with van der Waals surface area (Å²) < 4.78 is 1.51. The summed E-state index contributed by atoms with van der Waals surface area (Å²) in [6, 6.07) is 12.7. The number of hydrogen-bond acceptors (Lipinski definition) is 4. The van der Waals surface area contributed by atoms with Gasteiger partial charge < -0.3 is 10.0 Å². The molecule has 0 atom stereocenters. The zero-order chi connectivity index (χ0) is 17.8. The van der Waals surface area contributed by atoms with Gasteiger partial charge in [0.1, 0.15) is 5.75 Å². The first-order valence-corrected chi connectivity index (χ1v) is 8.15. The predicted molar refractivity (Wildman–Crippen MR) is 109 cm³/mol. The van der Waals surface area contributed by atoms with Crippen LogP contribution >= 0.6 is 12.4 Å². The fourth-order valence-corrected chi connectivity index (χ4v) is 2.54. The van der Waals surface area contributed by atoms with Crippen molar-refractivity contribution >= 4 is 35.3 Å². The van der Waals surface area contributed by atoms with Gasteiger partial charge in [0, 0.05) is 11.9 Å². The van der Waals surface area contributed by atoms with Gasteiger partial charge in [-0.2, -0.15) is 5.10 Å². The standard InChI is InChI=1S/C20H21N3O2.ClH/c1-22(2)11-12-23-20(25)19-10-7-16(13-17(19)14-21-23)4-3-15-5-8-18(24)9-6-15;/h3-10,13-14,24H,11-12H2,1-2H3;1H. The van der Waals surface area contributed by atoms with Gasteiger partial charge in [-0.15, -0.1) is 12.4 Å². The topological polar surface area (TPSA) is 58.4 Å². The third-order valence-corrected chi connectivity index (χ3v) is 4.00. The van der Waals surface area contributed by atoms with Crippen molar-refractivity contribution in [3.63, 3.8) is 0 Å². The minimum absolute atomic E-state index is 0. The summed E-state index contributed by atoms with van der Waals surface area (Å²) in [4.78, 5) is 14.5. The third kappa shape index (κ3) is 4.71. The van der Waals surface area contributed by atoms with Gasteiger partial charge in [0.15, 0.2) is 0 Å². The second-order valence-electron chi connectivity index (χ2n) is 6.25. The number of aromatic hydroxyl groups is 1. The molecule has 3 aromatic rings. The zero-order valence-electron chi connectivity index (χ0n) is 14.8. The van der Waals surface area contributed by atoms with Crippen LogP contribution in [0, 0.1) is 0 Å². The number of nitrogens with zero attached hydrogens (tertiary/aromatic N) is 3. The molecular weight excluding hydrogens is 350 g/mol. The summed E-state index contributed by atoms with van der Waals surface area (Å²) in [6.07, 6.45) is 5.68. The molecule has 0 aliphatic rings. The van der Waals surface area contributed by atoms with E-state index in [2.05, 4.69) is 5.10 Å². The molecule has 136 valence electrons. The first kappa shape index (κ1) is 19.7. The Morgan fingerprint density at radius 1 is 1.08 bits per heavy atom. The maximum absolute atomic E-state index is 12.5. The van der Waals surface area contributed by atoms with Gasteiger partial charge in [-0.05, 0) is 49.5 Å². The Labute approximate surface area is 158 Å². The van der Waals surface area contributed by atoms with Crippen LogP contribution in [0.25, 0.3) is 22.9 Å². The number of phenols is 1. The number of fused-ring (bicyclic) bond motifs is 1. The molecule has 0 saturated carbocycles. The highest BCUT2D eigenvalue weighted by atomic mass is 35.5. The maximum Gasteiger partial charge on any atom is 0.274 e. The van der Waals surface area contributed by atoms with Crippen LogP contribution in [0.3, 0.4) is 0 Å². The van der Waals surface area contributed by atoms with Crippen LogP contribution in [0.4, 0.5) is 0 Å². The summed E-state index contributed by atoms with van der Waals surface area (Å²) in [5.41, 5.74) is 1.93. The van der Waals surface area contributed by atoms with Crippen LogP contribution in [0.15, 0.2) is 53.5 Å². The lowest BCUT2D eigenvalue weighted by Crippen LogP contribution is -2.28. The fraction of sp³-hybridized carbons (Fsp3) is 0.200. The Hall–Kier alpha value is -2.63. The minimum Gasteiger partial charge on any atom is -0.508 e. The summed E-state index contributed by atoms with van der Waals surface area (Å²) in [7, 11) is 3.94. The molecule has 1 N–H and O–H groups in total. The molecule has 0 aliphatic carbocycles. The van der Waals surface area contributed by atoms with Gasteiger partial charge in [0.25, 0.3) is 5.56 Å². The van der Waals surface area contributed by atoms with E-state index >= 15 is 0 Å². The monoisotopic (exact) mass is 371 g/mol. The van der Waals surface area contributed by atoms with Crippen molar-refractivity contribution in [2.24, 2.45) is 0 Å². The number of likely N-dealkylation sites (N-methyl/N-ethyl adjacent to an activating group) is 1. The molecule has 0 radical (unpaired) electrons. The van der Waals surface area contributed by atoms with Crippen LogP contribution < -0.4 is 5.56 Å². The van der Waals surface area contributed by atoms with Crippen molar-refractivity contribution in [1.82, 2.24) is 14.7 Å². The van der Waals surface area contributed by atoms with Crippen LogP contribution in [-0.2, 0) is 6.54 Å². The Kier molecular flexibility index (Phi) is 6.55. The molecule has 0 amide bonds. The van der Waals surface area contributed by atoms with E-state index in [1.54, 1.807) is 18.3 Å². The van der Waals surface area contributed by atoms with Crippen LogP contribution in [-0.4, -0.2) is 40.4 Å². The number of halogens is 1. The molecule has 5 nitrogen and oxygen atoms in total. The van der Waals surface area contributed by atoms with E-state index in [4.69, 9.17) is 0 Å². The van der Waals surface area contributed by atoms with Crippen LogP contribution in [0.1, 0.15) is 11.1 Å². The Bertz CT molecular complexity index is 963. The number of aromatic nitrogens is 2. The summed E-state index contributed by atoms with van der Waals surface area (Å²) in [5, 5.41) is 15.1. The largest absolute Gasteiger partial charge is 0.508 e. The Balaban J connectivity index is 0.00000243. The second-order valence-corrected chi connectivity index (χ2v) is 6.25. The van der Waals surface area contributed by atoms with Crippen molar-refractivity contribution in [2.75, 3.05) is 20.6 Å². The lowest BCUT2D eigenvalue weighted by molar-refractivity contribution is 0.368. The zero-order valence-corrected chi connectivity index (χ0v) is 15.6. The van der Waals surface area contributed by atoms with Crippen molar-refractivity contribution in [1.29, 1.82) is 0 Å². The molecule has 0 aliphatic heterocycles. The van der Waals surface area contributed by atoms with E-state index < -0.39 is 0 Å². The number of hydrogen-bond donors (Lipinski definition) is 1. The lowest BCUT2D eigenvalue weighted by Gasteiger charge is -2.10. The second kappa shape index (κ2) is 8.65. The average molecular weight is 372 g/mol. The van der Waals surface area contributed by atoms with Crippen molar-refractivity contribution < 1.29 is 5.11 Å². The molecule has 0 spiro atoms. The molecule has 2 aromatic carbocycles. The van der Waals surface area contributed by atoms with Crippen LogP contribution in [0.2, 0.25) is 0 Å². The van der Waals surface area contributed by atoms with Gasteiger partial charge in [0.2, 0.25) is 0 Å². The predicted octanol–water partition coefficient (Wildman–Crippen LogP) is 3.26. The first-order valence-electron chi connectivity index (χ1n) is 8.15. The maximum atomic E-state index is 12.5. The summed E-state index contributed by atoms with van der Waals surface area (Å²) in [6.45, 7) is 1.34. The molecule has 1 heterocycles. The number of benzene rings is 2. The first-order chi connectivity index (χ1) is 12.0. The number of phenolic OH excluding ortho intramolecular Hbond substituents is 1. The van der Waals surface area contributed by atoms with E-state index in [1.807, 2.05) is 61.5 Å². The average Bonchev–Trinajstić information content (AvgIpc) is 2.60.